The number of benzene rings is 1. The van der Waals surface area contributed by atoms with Crippen LogP contribution in [0.25, 0.3) is 5.69 Å². The van der Waals surface area contributed by atoms with Crippen molar-refractivity contribution in [3.63, 3.8) is 0 Å². The molecule has 0 aliphatic rings. The van der Waals surface area contributed by atoms with Gasteiger partial charge in [0.05, 0.1) is 5.69 Å². The van der Waals surface area contributed by atoms with Crippen LogP contribution in [0, 0.1) is 20.8 Å². The average Bonchev–Trinajstić information content (AvgIpc) is 3.11. The molecule has 0 amide bonds. The first-order chi connectivity index (χ1) is 10.6. The molecule has 0 bridgehead atoms. The third kappa shape index (κ3) is 3.05. The second-order valence-corrected chi connectivity index (χ2v) is 5.54. The monoisotopic (exact) mass is 296 g/mol. The summed E-state index contributed by atoms with van der Waals surface area (Å²) in [6.45, 7) is 6.96. The molecule has 3 aromatic rings. The van der Waals surface area contributed by atoms with Crippen LogP contribution < -0.4 is 0 Å². The number of hydrogen-bond acceptors (Lipinski definition) is 4. The third-order valence-corrected chi connectivity index (χ3v) is 3.63. The Kier molecular flexibility index (Phi) is 4.00. The van der Waals surface area contributed by atoms with E-state index in [-0.39, 0.29) is 0 Å². The minimum atomic E-state index is 0.802. The van der Waals surface area contributed by atoms with Crippen molar-refractivity contribution >= 4 is 0 Å². The largest absolute Gasteiger partial charge is 0.253 e. The molecule has 0 atom stereocenters. The lowest BCUT2D eigenvalue weighted by Gasteiger charge is -2.10. The van der Waals surface area contributed by atoms with Gasteiger partial charge < -0.3 is 0 Å². The molecule has 0 unspecified atom stereocenters. The van der Waals surface area contributed by atoms with E-state index in [1.807, 2.05) is 16.3 Å². The van der Waals surface area contributed by atoms with Gasteiger partial charge >= 0.3 is 0 Å². The van der Waals surface area contributed by atoms with Gasteiger partial charge in [-0.2, -0.15) is 10.2 Å². The van der Waals surface area contributed by atoms with E-state index in [1.54, 1.807) is 12.7 Å². The zero-order chi connectivity index (χ0) is 15.5. The van der Waals surface area contributed by atoms with Crippen LogP contribution >= 0.6 is 0 Å². The van der Waals surface area contributed by atoms with Crippen molar-refractivity contribution in [1.29, 1.82) is 0 Å². The molecule has 0 aliphatic carbocycles. The van der Waals surface area contributed by atoms with Crippen molar-refractivity contribution in [2.75, 3.05) is 0 Å². The van der Waals surface area contributed by atoms with Gasteiger partial charge in [-0.05, 0) is 44.4 Å². The van der Waals surface area contributed by atoms with E-state index >= 15 is 0 Å². The maximum Gasteiger partial charge on any atom is 0.148 e. The summed E-state index contributed by atoms with van der Waals surface area (Å²) in [6, 6.07) is 6.40. The van der Waals surface area contributed by atoms with Crippen LogP contribution in [0.5, 0.6) is 0 Å². The van der Waals surface area contributed by atoms with Crippen molar-refractivity contribution in [3.8, 4) is 5.69 Å². The van der Waals surface area contributed by atoms with E-state index in [0.717, 1.165) is 36.7 Å². The summed E-state index contributed by atoms with van der Waals surface area (Å²) in [4.78, 5) is 8.54. The van der Waals surface area contributed by atoms with Crippen LogP contribution in [0.3, 0.4) is 0 Å². The second kappa shape index (κ2) is 6.09. The minimum Gasteiger partial charge on any atom is -0.253 e. The summed E-state index contributed by atoms with van der Waals surface area (Å²) >= 11 is 0. The quantitative estimate of drug-likeness (QED) is 0.725. The summed E-state index contributed by atoms with van der Waals surface area (Å²) in [6.07, 6.45) is 5.10. The first kappa shape index (κ1) is 14.4. The van der Waals surface area contributed by atoms with Gasteiger partial charge in [-0.1, -0.05) is 12.1 Å². The van der Waals surface area contributed by atoms with Crippen LogP contribution in [0.1, 0.15) is 29.2 Å². The standard InChI is InChI=1S/C16H20N6/c1-12-6-7-13(2)15(9-12)22-16(19-14(3)20-22)5-4-8-21-11-17-10-18-21/h6-7,9-11H,4-5,8H2,1-3H3. The molecule has 0 aliphatic heterocycles. The fraction of sp³-hybridized carbons (Fsp3) is 0.375. The van der Waals surface area contributed by atoms with E-state index < -0.39 is 0 Å². The molecule has 0 saturated carbocycles. The van der Waals surface area contributed by atoms with Gasteiger partial charge in [0.2, 0.25) is 0 Å². The highest BCUT2D eigenvalue weighted by atomic mass is 15.4. The van der Waals surface area contributed by atoms with E-state index in [9.17, 15) is 0 Å². The molecule has 0 fully saturated rings. The van der Waals surface area contributed by atoms with Crippen molar-refractivity contribution in [2.45, 2.75) is 40.2 Å². The van der Waals surface area contributed by atoms with E-state index in [4.69, 9.17) is 0 Å². The molecule has 1 aromatic carbocycles. The van der Waals surface area contributed by atoms with E-state index in [1.165, 1.54) is 11.1 Å². The average molecular weight is 296 g/mol. The Morgan fingerprint density at radius 1 is 1.14 bits per heavy atom. The highest BCUT2D eigenvalue weighted by Gasteiger charge is 2.11. The van der Waals surface area contributed by atoms with Crippen molar-refractivity contribution in [3.05, 3.63) is 53.6 Å². The second-order valence-electron chi connectivity index (χ2n) is 5.54. The molecule has 22 heavy (non-hydrogen) atoms. The Labute approximate surface area is 129 Å². The first-order valence-electron chi connectivity index (χ1n) is 7.46. The van der Waals surface area contributed by atoms with Gasteiger partial charge in [-0.3, -0.25) is 4.68 Å². The highest BCUT2D eigenvalue weighted by Crippen LogP contribution is 2.18. The van der Waals surface area contributed by atoms with Gasteiger partial charge in [-0.25, -0.2) is 14.6 Å². The maximum atomic E-state index is 4.58. The fourth-order valence-corrected chi connectivity index (χ4v) is 2.51. The molecule has 3 rings (SSSR count). The Morgan fingerprint density at radius 2 is 2.00 bits per heavy atom. The minimum absolute atomic E-state index is 0.802. The molecule has 0 radical (unpaired) electrons. The molecule has 0 N–H and O–H groups in total. The lowest BCUT2D eigenvalue weighted by atomic mass is 10.1. The Hall–Kier alpha value is -2.50. The summed E-state index contributed by atoms with van der Waals surface area (Å²) in [5.41, 5.74) is 3.53. The Bertz CT molecular complexity index is 757. The molecule has 6 nitrogen and oxygen atoms in total. The molecular weight excluding hydrogens is 276 g/mol. The summed E-state index contributed by atoms with van der Waals surface area (Å²) in [5.74, 6) is 1.79. The smallest absolute Gasteiger partial charge is 0.148 e. The molecular formula is C16H20N6. The molecule has 114 valence electrons. The number of hydrogen-bond donors (Lipinski definition) is 0. The normalized spacial score (nSPS) is 11.0. The third-order valence-electron chi connectivity index (χ3n) is 3.63. The number of aromatic nitrogens is 6. The van der Waals surface area contributed by atoms with Crippen LogP contribution in [0.4, 0.5) is 0 Å². The van der Waals surface area contributed by atoms with Crippen molar-refractivity contribution in [2.24, 2.45) is 0 Å². The van der Waals surface area contributed by atoms with Crippen molar-refractivity contribution < 1.29 is 0 Å². The zero-order valence-electron chi connectivity index (χ0n) is 13.2. The van der Waals surface area contributed by atoms with Gasteiger partial charge in [-0.15, -0.1) is 0 Å². The van der Waals surface area contributed by atoms with Gasteiger partial charge in [0.15, 0.2) is 0 Å². The molecule has 0 spiro atoms. The predicted octanol–water partition coefficient (Wildman–Crippen LogP) is 2.42. The number of rotatable bonds is 5. The SMILES string of the molecule is Cc1ccc(C)c(-n2nc(C)nc2CCCn2cncn2)c1. The zero-order valence-corrected chi connectivity index (χ0v) is 13.2. The highest BCUT2D eigenvalue weighted by molar-refractivity contribution is 5.42. The number of aryl methyl sites for hydroxylation is 5. The Morgan fingerprint density at radius 3 is 2.77 bits per heavy atom. The first-order valence-corrected chi connectivity index (χ1v) is 7.46. The predicted molar refractivity (Wildman–Crippen MR) is 83.9 cm³/mol. The molecule has 2 aromatic heterocycles. The van der Waals surface area contributed by atoms with E-state index in [2.05, 4.69) is 52.2 Å². The maximum absolute atomic E-state index is 4.58. The topological polar surface area (TPSA) is 61.4 Å². The Balaban J connectivity index is 1.81. The van der Waals surface area contributed by atoms with Gasteiger partial charge in [0.25, 0.3) is 0 Å². The van der Waals surface area contributed by atoms with Crippen LogP contribution in [-0.2, 0) is 13.0 Å². The summed E-state index contributed by atoms with van der Waals surface area (Å²) in [5, 5.41) is 8.69. The lowest BCUT2D eigenvalue weighted by molar-refractivity contribution is 0.564. The molecule has 0 saturated heterocycles. The van der Waals surface area contributed by atoms with Gasteiger partial charge in [0.1, 0.15) is 24.3 Å². The van der Waals surface area contributed by atoms with Crippen LogP contribution in [0.15, 0.2) is 30.9 Å². The lowest BCUT2D eigenvalue weighted by Crippen LogP contribution is -2.07. The number of nitrogens with zero attached hydrogens (tertiary/aromatic N) is 6. The van der Waals surface area contributed by atoms with Crippen LogP contribution in [-0.4, -0.2) is 29.5 Å². The van der Waals surface area contributed by atoms with E-state index in [0.29, 0.717) is 0 Å². The van der Waals surface area contributed by atoms with Gasteiger partial charge in [0, 0.05) is 13.0 Å². The molecule has 6 heteroatoms. The van der Waals surface area contributed by atoms with Crippen molar-refractivity contribution in [1.82, 2.24) is 29.5 Å². The molecule has 2 heterocycles. The summed E-state index contributed by atoms with van der Waals surface area (Å²) in [7, 11) is 0. The summed E-state index contributed by atoms with van der Waals surface area (Å²) < 4.78 is 3.81. The fourth-order valence-electron chi connectivity index (χ4n) is 2.51. The van der Waals surface area contributed by atoms with Crippen LogP contribution in [0.2, 0.25) is 0 Å².